The lowest BCUT2D eigenvalue weighted by atomic mass is 9.78. The molecule has 1 spiro atoms. The van der Waals surface area contributed by atoms with Crippen molar-refractivity contribution in [1.29, 1.82) is 0 Å². The van der Waals surface area contributed by atoms with E-state index in [0.717, 1.165) is 19.4 Å². The Bertz CT molecular complexity index is 916. The molecule has 3 heterocycles. The van der Waals surface area contributed by atoms with Gasteiger partial charge in [-0.15, -0.1) is 0 Å². The maximum absolute atomic E-state index is 13.5. The molecule has 4 aliphatic rings. The van der Waals surface area contributed by atoms with Crippen molar-refractivity contribution in [3.63, 3.8) is 0 Å². The van der Waals surface area contributed by atoms with Crippen LogP contribution in [0.2, 0.25) is 0 Å². The predicted molar refractivity (Wildman–Crippen MR) is 119 cm³/mol. The predicted octanol–water partition coefficient (Wildman–Crippen LogP) is 3.09. The second-order valence-corrected chi connectivity index (χ2v) is 9.85. The highest BCUT2D eigenvalue weighted by Gasteiger charge is 2.45. The summed E-state index contributed by atoms with van der Waals surface area (Å²) in [5.74, 6) is 1.02. The van der Waals surface area contributed by atoms with Crippen LogP contribution in [-0.4, -0.2) is 58.4 Å². The minimum atomic E-state index is -0.905. The van der Waals surface area contributed by atoms with Gasteiger partial charge in [-0.1, -0.05) is 25.0 Å². The molecule has 0 bridgehead atoms. The third-order valence-corrected chi connectivity index (χ3v) is 7.95. The fourth-order valence-electron chi connectivity index (χ4n) is 6.17. The zero-order chi connectivity index (χ0) is 22.3. The molecule has 3 aliphatic heterocycles. The summed E-state index contributed by atoms with van der Waals surface area (Å²) in [6, 6.07) is 7.02. The van der Waals surface area contributed by atoms with Gasteiger partial charge in [0, 0.05) is 38.4 Å². The monoisotopic (exact) mass is 439 g/mol. The third-order valence-electron chi connectivity index (χ3n) is 7.95. The molecule has 4 atom stereocenters. The lowest BCUT2D eigenvalue weighted by Crippen LogP contribution is -2.57. The lowest BCUT2D eigenvalue weighted by Gasteiger charge is -2.46. The molecule has 172 valence electrons. The van der Waals surface area contributed by atoms with Crippen molar-refractivity contribution in [2.24, 2.45) is 5.92 Å². The fourth-order valence-corrected chi connectivity index (χ4v) is 6.17. The number of piperidine rings is 1. The summed E-state index contributed by atoms with van der Waals surface area (Å²) in [7, 11) is 0. The summed E-state index contributed by atoms with van der Waals surface area (Å²) in [5, 5.41) is 3.00. The van der Waals surface area contributed by atoms with Gasteiger partial charge in [0.25, 0.3) is 5.91 Å². The van der Waals surface area contributed by atoms with Gasteiger partial charge in [0.05, 0.1) is 5.56 Å². The van der Waals surface area contributed by atoms with Crippen LogP contribution in [0.5, 0.6) is 5.75 Å². The number of hydrogen-bond donors (Lipinski definition) is 1. The van der Waals surface area contributed by atoms with E-state index in [1.165, 1.54) is 25.7 Å². The van der Waals surface area contributed by atoms with E-state index in [-0.39, 0.29) is 24.1 Å². The Balaban J connectivity index is 1.30. The zero-order valence-corrected chi connectivity index (χ0v) is 18.8. The molecule has 1 N–H and O–H groups in total. The first kappa shape index (κ1) is 21.3. The number of nitrogens with zero attached hydrogens (tertiary/aromatic N) is 2. The highest BCUT2D eigenvalue weighted by molar-refractivity contribution is 5.98. The van der Waals surface area contributed by atoms with Crippen LogP contribution in [0.4, 0.5) is 0 Å². The molecule has 3 fully saturated rings. The van der Waals surface area contributed by atoms with E-state index in [1.54, 1.807) is 17.0 Å². The first-order valence-electron chi connectivity index (χ1n) is 12.2. The lowest BCUT2D eigenvalue weighted by molar-refractivity contribution is -0.149. The summed E-state index contributed by atoms with van der Waals surface area (Å²) in [6.45, 7) is 3.04. The van der Waals surface area contributed by atoms with Crippen LogP contribution in [0.25, 0.3) is 0 Å². The summed E-state index contributed by atoms with van der Waals surface area (Å²) in [5.41, 5.74) is -0.390. The number of rotatable bonds is 2. The topological polar surface area (TPSA) is 79.0 Å². The molecule has 1 aliphatic carbocycles. The van der Waals surface area contributed by atoms with E-state index >= 15 is 0 Å². The Labute approximate surface area is 189 Å². The van der Waals surface area contributed by atoms with Crippen molar-refractivity contribution in [3.05, 3.63) is 29.8 Å². The molecular weight excluding hydrogens is 406 g/mol. The quantitative estimate of drug-likeness (QED) is 0.768. The van der Waals surface area contributed by atoms with Gasteiger partial charge in [-0.05, 0) is 50.7 Å². The molecule has 1 aromatic carbocycles. The summed E-state index contributed by atoms with van der Waals surface area (Å²) in [6.07, 6.45) is 8.12. The van der Waals surface area contributed by atoms with Crippen LogP contribution in [0.3, 0.4) is 0 Å². The van der Waals surface area contributed by atoms with Crippen molar-refractivity contribution in [2.75, 3.05) is 13.1 Å². The standard InChI is InChI=1S/C25H33N3O4/c1-17(24(31)28-15-6-8-18-7-2-4-10-20(18)28)27-16-14-25(13-12-22(27)29)26-23(30)19-9-3-5-11-21(19)32-25/h3,5,9,11,17-18,20H,2,4,6-8,10,12-16H2,1H3,(H,26,30)/t17-,18-,20-,25-/m0/s1. The first-order valence-corrected chi connectivity index (χ1v) is 12.2. The Morgan fingerprint density at radius 1 is 1.09 bits per heavy atom. The smallest absolute Gasteiger partial charge is 0.258 e. The number of nitrogens with one attached hydrogen (secondary N) is 1. The second kappa shape index (κ2) is 8.41. The average Bonchev–Trinajstić information content (AvgIpc) is 2.96. The van der Waals surface area contributed by atoms with E-state index in [9.17, 15) is 14.4 Å². The molecular formula is C25H33N3O4. The van der Waals surface area contributed by atoms with Crippen LogP contribution in [0.1, 0.15) is 75.1 Å². The fraction of sp³-hybridized carbons (Fsp3) is 0.640. The van der Waals surface area contributed by atoms with Crippen LogP contribution >= 0.6 is 0 Å². The molecule has 2 saturated heterocycles. The van der Waals surface area contributed by atoms with Gasteiger partial charge in [0.15, 0.2) is 5.72 Å². The van der Waals surface area contributed by atoms with Crippen molar-refractivity contribution < 1.29 is 19.1 Å². The largest absolute Gasteiger partial charge is 0.467 e. The van der Waals surface area contributed by atoms with Crippen molar-refractivity contribution in [3.8, 4) is 5.75 Å². The summed E-state index contributed by atoms with van der Waals surface area (Å²) < 4.78 is 6.23. The number of carbonyl (C=O) groups is 3. The number of benzene rings is 1. The van der Waals surface area contributed by atoms with Gasteiger partial charge in [0.2, 0.25) is 11.8 Å². The van der Waals surface area contributed by atoms with Gasteiger partial charge in [0.1, 0.15) is 11.8 Å². The molecule has 3 amide bonds. The van der Waals surface area contributed by atoms with Gasteiger partial charge in [-0.3, -0.25) is 14.4 Å². The Morgan fingerprint density at radius 2 is 1.88 bits per heavy atom. The third kappa shape index (κ3) is 3.76. The van der Waals surface area contributed by atoms with Crippen molar-refractivity contribution in [1.82, 2.24) is 15.1 Å². The number of para-hydroxylation sites is 1. The summed E-state index contributed by atoms with van der Waals surface area (Å²) >= 11 is 0. The van der Waals surface area contributed by atoms with Crippen LogP contribution in [0, 0.1) is 5.92 Å². The normalized spacial score (nSPS) is 31.2. The number of amides is 3. The van der Waals surface area contributed by atoms with E-state index in [2.05, 4.69) is 10.2 Å². The van der Waals surface area contributed by atoms with Gasteiger partial charge in [-0.25, -0.2) is 0 Å². The van der Waals surface area contributed by atoms with E-state index in [1.807, 2.05) is 19.1 Å². The zero-order valence-electron chi connectivity index (χ0n) is 18.8. The van der Waals surface area contributed by atoms with Crippen LogP contribution in [0.15, 0.2) is 24.3 Å². The summed E-state index contributed by atoms with van der Waals surface area (Å²) in [4.78, 5) is 43.0. The number of fused-ring (bicyclic) bond motifs is 2. The second-order valence-electron chi connectivity index (χ2n) is 9.85. The highest BCUT2D eigenvalue weighted by Crippen LogP contribution is 2.37. The number of ether oxygens (including phenoxy) is 1. The van der Waals surface area contributed by atoms with E-state index < -0.39 is 11.8 Å². The molecule has 0 radical (unpaired) electrons. The molecule has 1 saturated carbocycles. The molecule has 7 heteroatoms. The van der Waals surface area contributed by atoms with Crippen molar-refractivity contribution >= 4 is 17.7 Å². The molecule has 0 aromatic heterocycles. The Morgan fingerprint density at radius 3 is 2.75 bits per heavy atom. The van der Waals surface area contributed by atoms with E-state index in [4.69, 9.17) is 4.74 Å². The molecule has 0 unspecified atom stereocenters. The van der Waals surface area contributed by atoms with Crippen LogP contribution < -0.4 is 10.1 Å². The maximum Gasteiger partial charge on any atom is 0.258 e. The SMILES string of the molecule is C[C@@H](C(=O)N1CCC[C@@H]2CCCC[C@@H]21)N1CC[C@@]2(CCC1=O)NC(=O)c1ccccc1O2. The molecule has 1 aromatic rings. The number of carbonyl (C=O) groups excluding carboxylic acids is 3. The maximum atomic E-state index is 13.5. The number of hydrogen-bond acceptors (Lipinski definition) is 4. The molecule has 5 rings (SSSR count). The van der Waals surface area contributed by atoms with Gasteiger partial charge < -0.3 is 19.9 Å². The minimum absolute atomic E-state index is 0.0448. The Kier molecular flexibility index (Phi) is 5.59. The van der Waals surface area contributed by atoms with Gasteiger partial charge in [-0.2, -0.15) is 0 Å². The van der Waals surface area contributed by atoms with Crippen LogP contribution in [-0.2, 0) is 9.59 Å². The first-order chi connectivity index (χ1) is 15.5. The van der Waals surface area contributed by atoms with Gasteiger partial charge >= 0.3 is 0 Å². The Hall–Kier alpha value is -2.57. The average molecular weight is 440 g/mol. The molecule has 7 nitrogen and oxygen atoms in total. The highest BCUT2D eigenvalue weighted by atomic mass is 16.5. The van der Waals surface area contributed by atoms with Crippen molar-refractivity contribution in [2.45, 2.75) is 82.5 Å². The minimum Gasteiger partial charge on any atom is -0.467 e. The number of likely N-dealkylation sites (tertiary alicyclic amines) is 2. The van der Waals surface area contributed by atoms with E-state index in [0.29, 0.717) is 42.7 Å². The molecule has 32 heavy (non-hydrogen) atoms.